The molecule has 1 unspecified atom stereocenters. The fraction of sp³-hybridized carbons (Fsp3) is 0.935. The van der Waals surface area contributed by atoms with E-state index in [1.165, 1.54) is 148 Å². The summed E-state index contributed by atoms with van der Waals surface area (Å²) in [7, 11) is 0. The number of aliphatic hydroxyl groups is 5. The number of nitrogens with one attached hydrogen (secondary N) is 1. The third-order valence-electron chi connectivity index (χ3n) is 11.7. The van der Waals surface area contributed by atoms with Gasteiger partial charge in [-0.2, -0.15) is 0 Å². The molecule has 1 aliphatic heterocycles. The summed E-state index contributed by atoms with van der Waals surface area (Å²) >= 11 is 0. The summed E-state index contributed by atoms with van der Waals surface area (Å²) in [5, 5.41) is 54.2. The molecular weight excluding hydrogens is 695 g/mol. The van der Waals surface area contributed by atoms with E-state index < -0.39 is 49.5 Å². The maximum Gasteiger partial charge on any atom is 0.220 e. The summed E-state index contributed by atoms with van der Waals surface area (Å²) in [6.07, 6.45) is 32.5. The highest BCUT2D eigenvalue weighted by molar-refractivity contribution is 5.76. The van der Waals surface area contributed by atoms with E-state index in [0.717, 1.165) is 44.4 Å². The van der Waals surface area contributed by atoms with Gasteiger partial charge < -0.3 is 40.3 Å². The molecular formula is C46H89NO8. The van der Waals surface area contributed by atoms with Crippen LogP contribution in [0.2, 0.25) is 0 Å². The van der Waals surface area contributed by atoms with Gasteiger partial charge in [0.1, 0.15) is 24.4 Å². The summed E-state index contributed by atoms with van der Waals surface area (Å²) in [4.78, 5) is 13.0. The van der Waals surface area contributed by atoms with Crippen LogP contribution < -0.4 is 5.32 Å². The number of ether oxygens (including phenoxy) is 2. The Kier molecular flexibility index (Phi) is 34.0. The van der Waals surface area contributed by atoms with Crippen molar-refractivity contribution in [2.24, 2.45) is 5.92 Å². The molecule has 55 heavy (non-hydrogen) atoms. The number of rotatable bonds is 38. The molecule has 9 heteroatoms. The lowest BCUT2D eigenvalue weighted by atomic mass is 9.99. The van der Waals surface area contributed by atoms with Crippen LogP contribution in [0.15, 0.2) is 12.2 Å². The molecule has 0 bridgehead atoms. The minimum absolute atomic E-state index is 0.175. The number of carbonyl (C=O) groups is 1. The van der Waals surface area contributed by atoms with Gasteiger partial charge in [-0.3, -0.25) is 4.79 Å². The minimum atomic E-state index is -1.56. The number of hydrogen-bond acceptors (Lipinski definition) is 8. The predicted octanol–water partition coefficient (Wildman–Crippen LogP) is 9.58. The van der Waals surface area contributed by atoms with Crippen molar-refractivity contribution in [2.45, 2.75) is 256 Å². The number of amides is 1. The molecule has 326 valence electrons. The molecule has 0 radical (unpaired) electrons. The van der Waals surface area contributed by atoms with Crippen LogP contribution in [0, 0.1) is 5.92 Å². The fourth-order valence-corrected chi connectivity index (χ4v) is 7.48. The van der Waals surface area contributed by atoms with Crippen molar-refractivity contribution in [3.05, 3.63) is 12.2 Å². The normalized spacial score (nSPS) is 21.9. The lowest BCUT2D eigenvalue weighted by Gasteiger charge is -2.40. The van der Waals surface area contributed by atoms with Crippen LogP contribution in [0.1, 0.15) is 213 Å². The molecule has 9 nitrogen and oxygen atoms in total. The SMILES string of the molecule is CCCCCCCCCCCCCCCCCCCCCC(=O)N[C@@H](CO[C@@H]1O[C@H](CO)[C@@H](O)[C@H](O)[C@H]1O)[C@H](O)/C=C/CCCCCCCCCC(C)CC. The largest absolute Gasteiger partial charge is 0.394 e. The summed E-state index contributed by atoms with van der Waals surface area (Å²) in [6.45, 7) is 6.12. The highest BCUT2D eigenvalue weighted by atomic mass is 16.7. The summed E-state index contributed by atoms with van der Waals surface area (Å²) in [5.74, 6) is 0.656. The Morgan fingerprint density at radius 3 is 1.64 bits per heavy atom. The van der Waals surface area contributed by atoms with E-state index in [9.17, 15) is 30.3 Å². The second-order valence-corrected chi connectivity index (χ2v) is 16.8. The van der Waals surface area contributed by atoms with Crippen LogP contribution in [0.3, 0.4) is 0 Å². The van der Waals surface area contributed by atoms with Gasteiger partial charge >= 0.3 is 0 Å². The van der Waals surface area contributed by atoms with Gasteiger partial charge in [0.15, 0.2) is 6.29 Å². The van der Waals surface area contributed by atoms with Gasteiger partial charge in [-0.1, -0.05) is 200 Å². The first-order chi connectivity index (χ1) is 26.7. The number of hydrogen-bond donors (Lipinski definition) is 6. The molecule has 1 fully saturated rings. The van der Waals surface area contributed by atoms with Crippen molar-refractivity contribution in [1.82, 2.24) is 5.32 Å². The molecule has 1 aliphatic rings. The Balaban J connectivity index is 2.32. The van der Waals surface area contributed by atoms with Crippen LogP contribution in [0.5, 0.6) is 0 Å². The van der Waals surface area contributed by atoms with Gasteiger partial charge in [0.25, 0.3) is 0 Å². The molecule has 0 spiro atoms. The van der Waals surface area contributed by atoms with Crippen LogP contribution in [-0.2, 0) is 14.3 Å². The fourth-order valence-electron chi connectivity index (χ4n) is 7.48. The molecule has 0 saturated carbocycles. The first kappa shape index (κ1) is 51.9. The molecule has 0 aromatic rings. The summed E-state index contributed by atoms with van der Waals surface area (Å²) in [5.41, 5.74) is 0. The standard InChI is InChI=1S/C46H89NO8/c1-4-6-7-8-9-10-11-12-13-14-15-16-17-18-19-23-26-29-32-35-42(50)47-39(37-54-46-45(53)44(52)43(51)41(36-48)55-46)40(49)34-31-28-25-22-20-21-24-27-30-33-38(3)5-2/h31,34,38-41,43-46,48-49,51-53H,4-30,32-33,35-37H2,1-3H3,(H,47,50)/b34-31+/t38?,39-,40+,41+,43+,44-,45+,46+/m0/s1. The maximum absolute atomic E-state index is 13.0. The van der Waals surface area contributed by atoms with Crippen molar-refractivity contribution in [3.8, 4) is 0 Å². The second kappa shape index (κ2) is 36.0. The highest BCUT2D eigenvalue weighted by Gasteiger charge is 2.44. The van der Waals surface area contributed by atoms with Crippen LogP contribution in [0.4, 0.5) is 0 Å². The van der Waals surface area contributed by atoms with Gasteiger partial charge in [0.2, 0.25) is 5.91 Å². The number of carbonyl (C=O) groups excluding carboxylic acids is 1. The first-order valence-electron chi connectivity index (χ1n) is 23.3. The van der Waals surface area contributed by atoms with Crippen molar-refractivity contribution < 1.29 is 39.8 Å². The zero-order valence-electron chi connectivity index (χ0n) is 35.9. The predicted molar refractivity (Wildman–Crippen MR) is 226 cm³/mol. The van der Waals surface area contributed by atoms with Crippen molar-refractivity contribution in [1.29, 1.82) is 0 Å². The number of aliphatic hydroxyl groups excluding tert-OH is 5. The van der Waals surface area contributed by atoms with Gasteiger partial charge in [-0.05, 0) is 25.2 Å². The lowest BCUT2D eigenvalue weighted by Crippen LogP contribution is -2.60. The van der Waals surface area contributed by atoms with Gasteiger partial charge in [-0.25, -0.2) is 0 Å². The van der Waals surface area contributed by atoms with Gasteiger partial charge in [-0.15, -0.1) is 0 Å². The van der Waals surface area contributed by atoms with E-state index in [-0.39, 0.29) is 12.5 Å². The van der Waals surface area contributed by atoms with Gasteiger partial charge in [0, 0.05) is 6.42 Å². The maximum atomic E-state index is 13.0. The van der Waals surface area contributed by atoms with Crippen LogP contribution in [-0.4, -0.2) is 87.5 Å². The zero-order chi connectivity index (χ0) is 40.4. The molecule has 8 atom stereocenters. The minimum Gasteiger partial charge on any atom is -0.394 e. The molecule has 0 aliphatic carbocycles. The Morgan fingerprint density at radius 2 is 1.15 bits per heavy atom. The van der Waals surface area contributed by atoms with E-state index in [4.69, 9.17) is 9.47 Å². The summed E-state index contributed by atoms with van der Waals surface area (Å²) in [6, 6.07) is -0.799. The molecule has 1 amide bonds. The molecule has 1 saturated heterocycles. The Hall–Kier alpha value is -1.07. The van der Waals surface area contributed by atoms with E-state index in [1.54, 1.807) is 6.08 Å². The number of unbranched alkanes of at least 4 members (excludes halogenated alkanes) is 25. The van der Waals surface area contributed by atoms with Crippen molar-refractivity contribution in [2.75, 3.05) is 13.2 Å². The Morgan fingerprint density at radius 1 is 0.673 bits per heavy atom. The van der Waals surface area contributed by atoms with E-state index in [0.29, 0.717) is 6.42 Å². The third-order valence-corrected chi connectivity index (χ3v) is 11.7. The highest BCUT2D eigenvalue weighted by Crippen LogP contribution is 2.23. The van der Waals surface area contributed by atoms with Gasteiger partial charge in [0.05, 0.1) is 25.4 Å². The van der Waals surface area contributed by atoms with Crippen molar-refractivity contribution in [3.63, 3.8) is 0 Å². The summed E-state index contributed by atoms with van der Waals surface area (Å²) < 4.78 is 11.2. The average molecular weight is 784 g/mol. The molecule has 1 rings (SSSR count). The van der Waals surface area contributed by atoms with E-state index in [1.807, 2.05) is 6.08 Å². The number of allylic oxidation sites excluding steroid dienone is 1. The van der Waals surface area contributed by atoms with Crippen LogP contribution >= 0.6 is 0 Å². The average Bonchev–Trinajstić information content (AvgIpc) is 3.18. The van der Waals surface area contributed by atoms with E-state index in [2.05, 4.69) is 26.1 Å². The molecule has 1 heterocycles. The Bertz CT molecular complexity index is 888. The first-order valence-corrected chi connectivity index (χ1v) is 23.3. The quantitative estimate of drug-likeness (QED) is 0.0268. The topological polar surface area (TPSA) is 149 Å². The molecule has 0 aromatic carbocycles. The third kappa shape index (κ3) is 27.3. The van der Waals surface area contributed by atoms with Crippen molar-refractivity contribution >= 4 is 5.91 Å². The smallest absolute Gasteiger partial charge is 0.220 e. The van der Waals surface area contributed by atoms with E-state index >= 15 is 0 Å². The lowest BCUT2D eigenvalue weighted by molar-refractivity contribution is -0.302. The van der Waals surface area contributed by atoms with Crippen LogP contribution in [0.25, 0.3) is 0 Å². The monoisotopic (exact) mass is 784 g/mol. The molecule has 6 N–H and O–H groups in total. The second-order valence-electron chi connectivity index (χ2n) is 16.8. The Labute approximate surface area is 337 Å². The zero-order valence-corrected chi connectivity index (χ0v) is 35.9. The molecule has 0 aromatic heterocycles.